The maximum Gasteiger partial charge on any atom is 0.158 e. The van der Waals surface area contributed by atoms with Crippen molar-refractivity contribution in [3.63, 3.8) is 0 Å². The van der Waals surface area contributed by atoms with Crippen LogP contribution >= 0.6 is 0 Å². The Bertz CT molecular complexity index is 498. The topological polar surface area (TPSA) is 57.9 Å². The molecule has 0 aliphatic carbocycles. The fourth-order valence-corrected chi connectivity index (χ4v) is 2.43. The third-order valence-electron chi connectivity index (χ3n) is 1.89. The molecule has 0 atom stereocenters. The minimum Gasteiger partial charge on any atom is -0.228 e. The lowest BCUT2D eigenvalue weighted by Gasteiger charge is -2.03. The smallest absolute Gasteiger partial charge is 0.158 e. The van der Waals surface area contributed by atoms with Gasteiger partial charge < -0.3 is 0 Å². The van der Waals surface area contributed by atoms with Crippen LogP contribution in [0, 0.1) is 11.3 Å². The van der Waals surface area contributed by atoms with Gasteiger partial charge in [0, 0.05) is 0 Å². The summed E-state index contributed by atoms with van der Waals surface area (Å²) in [6.07, 6.45) is 1.35. The molecule has 4 heteroatoms. The quantitative estimate of drug-likeness (QED) is 0.726. The zero-order chi connectivity index (χ0) is 11.3. The molecule has 0 aliphatic heterocycles. The molecule has 0 fully saturated rings. The Morgan fingerprint density at radius 1 is 1.40 bits per heavy atom. The minimum atomic E-state index is -3.19. The molecule has 1 aromatic rings. The SMILES string of the molecule is C=CCS(=O)(=O)Cc1ccccc1C#N. The van der Waals surface area contributed by atoms with Gasteiger partial charge in [0.25, 0.3) is 0 Å². The van der Waals surface area contributed by atoms with Crippen LogP contribution in [0.3, 0.4) is 0 Å². The van der Waals surface area contributed by atoms with E-state index in [1.165, 1.54) is 6.08 Å². The highest BCUT2D eigenvalue weighted by atomic mass is 32.2. The standard InChI is InChI=1S/C11H11NO2S/c1-2-7-15(13,14)9-11-6-4-3-5-10(11)8-12/h2-6H,1,7,9H2. The average molecular weight is 221 g/mol. The number of hydrogen-bond acceptors (Lipinski definition) is 3. The van der Waals surface area contributed by atoms with E-state index in [2.05, 4.69) is 6.58 Å². The van der Waals surface area contributed by atoms with Crippen molar-refractivity contribution < 1.29 is 8.42 Å². The highest BCUT2D eigenvalue weighted by Gasteiger charge is 2.12. The summed E-state index contributed by atoms with van der Waals surface area (Å²) in [5, 5.41) is 8.78. The van der Waals surface area contributed by atoms with E-state index in [0.717, 1.165) is 0 Å². The monoisotopic (exact) mass is 221 g/mol. The van der Waals surface area contributed by atoms with Gasteiger partial charge in [-0.2, -0.15) is 5.26 Å². The Labute approximate surface area is 89.6 Å². The molecule has 0 saturated heterocycles. The molecule has 0 saturated carbocycles. The lowest BCUT2D eigenvalue weighted by molar-refractivity contribution is 0.598. The van der Waals surface area contributed by atoms with Crippen molar-refractivity contribution in [2.45, 2.75) is 5.75 Å². The van der Waals surface area contributed by atoms with Gasteiger partial charge >= 0.3 is 0 Å². The molecule has 0 aliphatic rings. The van der Waals surface area contributed by atoms with E-state index in [0.29, 0.717) is 11.1 Å². The molecule has 0 aromatic heterocycles. The molecule has 0 N–H and O–H groups in total. The van der Waals surface area contributed by atoms with Crippen molar-refractivity contribution in [1.82, 2.24) is 0 Å². The lowest BCUT2D eigenvalue weighted by atomic mass is 10.1. The second kappa shape index (κ2) is 4.76. The van der Waals surface area contributed by atoms with Crippen molar-refractivity contribution in [3.05, 3.63) is 48.0 Å². The average Bonchev–Trinajstić information content (AvgIpc) is 2.17. The Kier molecular flexibility index (Phi) is 3.64. The van der Waals surface area contributed by atoms with E-state index >= 15 is 0 Å². The van der Waals surface area contributed by atoms with Crippen molar-refractivity contribution in [2.75, 3.05) is 5.75 Å². The van der Waals surface area contributed by atoms with Crippen LogP contribution in [0.1, 0.15) is 11.1 Å². The van der Waals surface area contributed by atoms with Crippen LogP contribution in [0.2, 0.25) is 0 Å². The van der Waals surface area contributed by atoms with E-state index in [4.69, 9.17) is 5.26 Å². The Hall–Kier alpha value is -1.60. The van der Waals surface area contributed by atoms with Crippen LogP contribution in [0.25, 0.3) is 0 Å². The summed E-state index contributed by atoms with van der Waals surface area (Å²) in [6.45, 7) is 3.39. The molecular weight excluding hydrogens is 210 g/mol. The maximum atomic E-state index is 11.5. The van der Waals surface area contributed by atoms with Crippen LogP contribution in [-0.2, 0) is 15.6 Å². The third kappa shape index (κ3) is 3.22. The number of rotatable bonds is 4. The van der Waals surface area contributed by atoms with E-state index in [9.17, 15) is 8.42 Å². The summed E-state index contributed by atoms with van der Waals surface area (Å²) < 4.78 is 23.0. The first-order valence-corrected chi connectivity index (χ1v) is 6.20. The summed E-state index contributed by atoms with van der Waals surface area (Å²) in [5.74, 6) is -0.171. The molecule has 0 unspecified atom stereocenters. The number of sulfone groups is 1. The first-order chi connectivity index (χ1) is 7.09. The van der Waals surface area contributed by atoms with Gasteiger partial charge in [-0.15, -0.1) is 6.58 Å². The Morgan fingerprint density at radius 2 is 2.07 bits per heavy atom. The molecule has 78 valence electrons. The largest absolute Gasteiger partial charge is 0.228 e. The third-order valence-corrected chi connectivity index (χ3v) is 3.38. The number of nitrogens with zero attached hydrogens (tertiary/aromatic N) is 1. The minimum absolute atomic E-state index is 0.0627. The molecule has 0 amide bonds. The van der Waals surface area contributed by atoms with Gasteiger partial charge in [0.15, 0.2) is 9.84 Å². The Morgan fingerprint density at radius 3 is 2.67 bits per heavy atom. The van der Waals surface area contributed by atoms with Gasteiger partial charge in [0.2, 0.25) is 0 Å². The van der Waals surface area contributed by atoms with Gasteiger partial charge in [0.05, 0.1) is 23.1 Å². The maximum absolute atomic E-state index is 11.5. The number of hydrogen-bond donors (Lipinski definition) is 0. The van der Waals surface area contributed by atoms with E-state index < -0.39 is 9.84 Å². The number of nitriles is 1. The molecule has 1 aromatic carbocycles. The van der Waals surface area contributed by atoms with Gasteiger partial charge in [-0.25, -0.2) is 8.42 Å². The molecule has 15 heavy (non-hydrogen) atoms. The molecule has 1 rings (SSSR count). The van der Waals surface area contributed by atoms with Gasteiger partial charge in [-0.05, 0) is 11.6 Å². The Balaban J connectivity index is 3.00. The van der Waals surface area contributed by atoms with Gasteiger partial charge in [-0.1, -0.05) is 24.3 Å². The van der Waals surface area contributed by atoms with Crippen LogP contribution in [0.4, 0.5) is 0 Å². The summed E-state index contributed by atoms with van der Waals surface area (Å²) in [5.41, 5.74) is 0.951. The van der Waals surface area contributed by atoms with E-state index in [-0.39, 0.29) is 11.5 Å². The first-order valence-electron chi connectivity index (χ1n) is 4.38. The normalized spacial score (nSPS) is 10.6. The van der Waals surface area contributed by atoms with Crippen LogP contribution < -0.4 is 0 Å². The fraction of sp³-hybridized carbons (Fsp3) is 0.182. The van der Waals surface area contributed by atoms with Crippen molar-refractivity contribution >= 4 is 9.84 Å². The zero-order valence-electron chi connectivity index (χ0n) is 8.18. The van der Waals surface area contributed by atoms with Crippen molar-refractivity contribution in [1.29, 1.82) is 5.26 Å². The van der Waals surface area contributed by atoms with Gasteiger partial charge in [-0.3, -0.25) is 0 Å². The predicted octanol–water partition coefficient (Wildman–Crippen LogP) is 1.66. The van der Waals surface area contributed by atoms with Crippen LogP contribution in [0.15, 0.2) is 36.9 Å². The van der Waals surface area contributed by atoms with E-state index in [1.807, 2.05) is 6.07 Å². The molecule has 0 radical (unpaired) electrons. The predicted molar refractivity (Wildman–Crippen MR) is 58.8 cm³/mol. The fourth-order valence-electron chi connectivity index (χ4n) is 1.23. The molecule has 0 bridgehead atoms. The summed E-state index contributed by atoms with van der Waals surface area (Å²) >= 11 is 0. The van der Waals surface area contributed by atoms with Gasteiger partial charge in [0.1, 0.15) is 0 Å². The number of benzene rings is 1. The molecule has 0 spiro atoms. The van der Waals surface area contributed by atoms with Crippen molar-refractivity contribution in [3.8, 4) is 6.07 Å². The van der Waals surface area contributed by atoms with Crippen molar-refractivity contribution in [2.24, 2.45) is 0 Å². The second-order valence-electron chi connectivity index (χ2n) is 3.11. The highest BCUT2D eigenvalue weighted by Crippen LogP contribution is 2.11. The lowest BCUT2D eigenvalue weighted by Crippen LogP contribution is -2.08. The summed E-state index contributed by atoms with van der Waals surface area (Å²) in [6, 6.07) is 8.66. The second-order valence-corrected chi connectivity index (χ2v) is 5.22. The molecular formula is C11H11NO2S. The highest BCUT2D eigenvalue weighted by molar-refractivity contribution is 7.90. The first kappa shape index (κ1) is 11.5. The van der Waals surface area contributed by atoms with E-state index in [1.54, 1.807) is 24.3 Å². The van der Waals surface area contributed by atoms with Crippen LogP contribution in [0.5, 0.6) is 0 Å². The van der Waals surface area contributed by atoms with Crippen LogP contribution in [-0.4, -0.2) is 14.2 Å². The molecule has 0 heterocycles. The summed E-state index contributed by atoms with van der Waals surface area (Å²) in [7, 11) is -3.19. The molecule has 3 nitrogen and oxygen atoms in total. The zero-order valence-corrected chi connectivity index (χ0v) is 9.00. The summed E-state index contributed by atoms with van der Waals surface area (Å²) in [4.78, 5) is 0.